The minimum absolute atomic E-state index is 0.0888. The average molecular weight is 517 g/mol. The summed E-state index contributed by atoms with van der Waals surface area (Å²) >= 11 is 15.3. The molecule has 4 rings (SSSR count). The SMILES string of the molecule is O=C1OC(c2ccc(Br)cc2)=N/C1=C/c1ccccc1OC(=O)c1ccc(Cl)cc1Cl. The van der Waals surface area contributed by atoms with Gasteiger partial charge in [-0.15, -0.1) is 0 Å². The molecule has 0 fully saturated rings. The van der Waals surface area contributed by atoms with Crippen molar-refractivity contribution in [2.45, 2.75) is 0 Å². The first kappa shape index (κ1) is 21.3. The van der Waals surface area contributed by atoms with E-state index in [4.69, 9.17) is 32.7 Å². The summed E-state index contributed by atoms with van der Waals surface area (Å²) in [6, 6.07) is 18.5. The Balaban J connectivity index is 1.62. The number of carbonyl (C=O) groups excluding carboxylic acids is 2. The van der Waals surface area contributed by atoms with Crippen LogP contribution < -0.4 is 4.74 Å². The summed E-state index contributed by atoms with van der Waals surface area (Å²) in [5.74, 6) is -0.808. The predicted molar refractivity (Wildman–Crippen MR) is 123 cm³/mol. The molecular weight excluding hydrogens is 505 g/mol. The highest BCUT2D eigenvalue weighted by atomic mass is 79.9. The molecule has 0 unspecified atom stereocenters. The molecule has 154 valence electrons. The smallest absolute Gasteiger partial charge is 0.363 e. The summed E-state index contributed by atoms with van der Waals surface area (Å²) in [7, 11) is 0. The Morgan fingerprint density at radius 2 is 1.77 bits per heavy atom. The highest BCUT2D eigenvalue weighted by Gasteiger charge is 2.25. The lowest BCUT2D eigenvalue weighted by Crippen LogP contribution is -2.10. The van der Waals surface area contributed by atoms with Crippen LogP contribution in [0.1, 0.15) is 21.5 Å². The molecular formula is C23H12BrCl2NO4. The molecule has 0 aliphatic carbocycles. The summed E-state index contributed by atoms with van der Waals surface area (Å²) in [5, 5.41) is 0.585. The highest BCUT2D eigenvalue weighted by Crippen LogP contribution is 2.27. The van der Waals surface area contributed by atoms with E-state index in [2.05, 4.69) is 20.9 Å². The third-order valence-electron chi connectivity index (χ3n) is 4.28. The number of benzene rings is 3. The summed E-state index contributed by atoms with van der Waals surface area (Å²) in [4.78, 5) is 29.2. The van der Waals surface area contributed by atoms with Crippen molar-refractivity contribution >= 4 is 63.0 Å². The van der Waals surface area contributed by atoms with Gasteiger partial charge < -0.3 is 9.47 Å². The first-order valence-electron chi connectivity index (χ1n) is 8.95. The van der Waals surface area contributed by atoms with E-state index in [-0.39, 0.29) is 27.9 Å². The minimum Gasteiger partial charge on any atom is -0.422 e. The van der Waals surface area contributed by atoms with Crippen LogP contribution in [0.4, 0.5) is 0 Å². The number of hydrogen-bond acceptors (Lipinski definition) is 5. The van der Waals surface area contributed by atoms with Gasteiger partial charge >= 0.3 is 11.9 Å². The van der Waals surface area contributed by atoms with Gasteiger partial charge in [0.15, 0.2) is 5.70 Å². The van der Waals surface area contributed by atoms with Gasteiger partial charge in [0.2, 0.25) is 5.90 Å². The van der Waals surface area contributed by atoms with Crippen molar-refractivity contribution < 1.29 is 19.1 Å². The second-order valence-corrected chi connectivity index (χ2v) is 8.15. The molecule has 1 aliphatic rings. The van der Waals surface area contributed by atoms with E-state index in [1.54, 1.807) is 42.5 Å². The predicted octanol–water partition coefficient (Wildman–Crippen LogP) is 6.32. The van der Waals surface area contributed by atoms with Crippen molar-refractivity contribution in [2.24, 2.45) is 4.99 Å². The quantitative estimate of drug-likeness (QED) is 0.231. The molecule has 0 saturated carbocycles. The van der Waals surface area contributed by atoms with Crippen molar-refractivity contribution in [3.05, 3.63) is 104 Å². The maximum Gasteiger partial charge on any atom is 0.363 e. The highest BCUT2D eigenvalue weighted by molar-refractivity contribution is 9.10. The van der Waals surface area contributed by atoms with Gasteiger partial charge in [-0.1, -0.05) is 57.3 Å². The van der Waals surface area contributed by atoms with Crippen LogP contribution in [-0.4, -0.2) is 17.8 Å². The molecule has 3 aromatic rings. The number of para-hydroxylation sites is 1. The Morgan fingerprint density at radius 1 is 1.03 bits per heavy atom. The van der Waals surface area contributed by atoms with Crippen LogP contribution in [0.5, 0.6) is 5.75 Å². The summed E-state index contributed by atoms with van der Waals surface area (Å²) in [6.45, 7) is 0. The van der Waals surface area contributed by atoms with Crippen molar-refractivity contribution in [3.8, 4) is 5.75 Å². The molecule has 0 saturated heterocycles. The standard InChI is InChI=1S/C23H12BrCl2NO4/c24-15-7-5-13(6-8-15)21-27-19(23(29)31-21)11-14-3-1-2-4-20(14)30-22(28)17-10-9-16(25)12-18(17)26/h1-12H/b19-11+. The summed E-state index contributed by atoms with van der Waals surface area (Å²) < 4.78 is 11.7. The second-order valence-electron chi connectivity index (χ2n) is 6.39. The zero-order valence-corrected chi connectivity index (χ0v) is 18.7. The van der Waals surface area contributed by atoms with Gasteiger partial charge in [-0.3, -0.25) is 0 Å². The molecule has 0 amide bonds. The Hall–Kier alpha value is -2.93. The number of cyclic esters (lactones) is 1. The minimum atomic E-state index is -0.652. The van der Waals surface area contributed by atoms with Crippen LogP contribution in [0.25, 0.3) is 6.08 Å². The van der Waals surface area contributed by atoms with E-state index in [0.717, 1.165) is 4.47 Å². The van der Waals surface area contributed by atoms with Gasteiger partial charge in [-0.2, -0.15) is 0 Å². The van der Waals surface area contributed by atoms with Gasteiger partial charge in [0.25, 0.3) is 0 Å². The zero-order valence-electron chi connectivity index (χ0n) is 15.6. The molecule has 8 heteroatoms. The molecule has 0 radical (unpaired) electrons. The summed E-state index contributed by atoms with van der Waals surface area (Å²) in [6.07, 6.45) is 1.50. The van der Waals surface area contributed by atoms with Crippen LogP contribution in [0.3, 0.4) is 0 Å². The van der Waals surface area contributed by atoms with Crippen LogP contribution in [0.2, 0.25) is 10.0 Å². The molecule has 1 heterocycles. The lowest BCUT2D eigenvalue weighted by Gasteiger charge is -2.09. The van der Waals surface area contributed by atoms with Crippen molar-refractivity contribution in [2.75, 3.05) is 0 Å². The van der Waals surface area contributed by atoms with E-state index in [1.807, 2.05) is 12.1 Å². The van der Waals surface area contributed by atoms with E-state index in [0.29, 0.717) is 16.1 Å². The largest absolute Gasteiger partial charge is 0.422 e. The number of halogens is 3. The molecule has 0 spiro atoms. The maximum absolute atomic E-state index is 12.6. The van der Waals surface area contributed by atoms with Gasteiger partial charge in [0, 0.05) is 20.6 Å². The van der Waals surface area contributed by atoms with Crippen molar-refractivity contribution in [1.82, 2.24) is 0 Å². The molecule has 1 aliphatic heterocycles. The van der Waals surface area contributed by atoms with Gasteiger partial charge in [0.05, 0.1) is 10.6 Å². The van der Waals surface area contributed by atoms with E-state index < -0.39 is 11.9 Å². The Bertz CT molecular complexity index is 1250. The van der Waals surface area contributed by atoms with E-state index in [1.165, 1.54) is 18.2 Å². The fraction of sp³-hybridized carbons (Fsp3) is 0. The lowest BCUT2D eigenvalue weighted by atomic mass is 10.1. The number of carbonyl (C=O) groups is 2. The fourth-order valence-corrected chi connectivity index (χ4v) is 3.52. The Labute approximate surface area is 196 Å². The average Bonchev–Trinajstić information content (AvgIpc) is 3.10. The molecule has 31 heavy (non-hydrogen) atoms. The number of aliphatic imine (C=N–C) groups is 1. The Morgan fingerprint density at radius 3 is 2.52 bits per heavy atom. The van der Waals surface area contributed by atoms with Gasteiger partial charge in [-0.25, -0.2) is 14.6 Å². The lowest BCUT2D eigenvalue weighted by molar-refractivity contribution is -0.129. The molecule has 0 bridgehead atoms. The molecule has 0 N–H and O–H groups in total. The monoisotopic (exact) mass is 515 g/mol. The van der Waals surface area contributed by atoms with Crippen molar-refractivity contribution in [3.63, 3.8) is 0 Å². The molecule has 3 aromatic carbocycles. The number of hydrogen-bond donors (Lipinski definition) is 0. The van der Waals surface area contributed by atoms with E-state index >= 15 is 0 Å². The van der Waals surface area contributed by atoms with Crippen LogP contribution >= 0.6 is 39.1 Å². The number of nitrogens with zero attached hydrogens (tertiary/aromatic N) is 1. The zero-order chi connectivity index (χ0) is 22.0. The van der Waals surface area contributed by atoms with Crippen molar-refractivity contribution in [1.29, 1.82) is 0 Å². The first-order chi connectivity index (χ1) is 14.9. The number of esters is 2. The number of ether oxygens (including phenoxy) is 2. The third kappa shape index (κ3) is 4.88. The second kappa shape index (κ2) is 9.06. The summed E-state index contributed by atoms with van der Waals surface area (Å²) in [5.41, 5.74) is 1.40. The number of rotatable bonds is 4. The van der Waals surface area contributed by atoms with Gasteiger partial charge in [0.1, 0.15) is 5.75 Å². The normalized spacial score (nSPS) is 14.4. The molecule has 0 aromatic heterocycles. The molecule has 5 nitrogen and oxygen atoms in total. The van der Waals surface area contributed by atoms with Crippen LogP contribution in [0.15, 0.2) is 81.9 Å². The third-order valence-corrected chi connectivity index (χ3v) is 5.35. The Kier molecular flexibility index (Phi) is 6.23. The first-order valence-corrected chi connectivity index (χ1v) is 10.5. The maximum atomic E-state index is 12.6. The fourth-order valence-electron chi connectivity index (χ4n) is 2.77. The van der Waals surface area contributed by atoms with Crippen LogP contribution in [-0.2, 0) is 9.53 Å². The molecule has 0 atom stereocenters. The van der Waals surface area contributed by atoms with Gasteiger partial charge in [-0.05, 0) is 54.6 Å². The topological polar surface area (TPSA) is 65.0 Å². The van der Waals surface area contributed by atoms with Crippen LogP contribution in [0, 0.1) is 0 Å². The van der Waals surface area contributed by atoms with E-state index in [9.17, 15) is 9.59 Å².